The van der Waals surface area contributed by atoms with Crippen molar-refractivity contribution in [2.24, 2.45) is 0 Å². The smallest absolute Gasteiger partial charge is 0.226 e. The first-order valence-corrected chi connectivity index (χ1v) is 10.6. The minimum atomic E-state index is -0.167. The van der Waals surface area contributed by atoms with E-state index in [-0.39, 0.29) is 12.4 Å². The largest absolute Gasteiger partial charge is 0.487 e. The summed E-state index contributed by atoms with van der Waals surface area (Å²) in [5, 5.41) is 0. The number of aryl methyl sites for hydroxylation is 2. The number of oxazole rings is 1. The summed E-state index contributed by atoms with van der Waals surface area (Å²) in [5.74, 6) is 2.20. The standard InChI is InChI=1S/C25H31NO4/c1-5-27-24(29-18(2)3)16-13-20-11-14-22(15-12-20)28-17-23-19(4)30-25(26-23)21-9-7-6-8-10-21/h6-12,14-15,18,24H,5,13,16-17H2,1-4H3/t24-/m0/s1. The Bertz CT molecular complexity index is 887. The van der Waals surface area contributed by atoms with Crippen LogP contribution in [0.3, 0.4) is 0 Å². The van der Waals surface area contributed by atoms with Crippen LogP contribution in [-0.4, -0.2) is 24.0 Å². The van der Waals surface area contributed by atoms with Gasteiger partial charge >= 0.3 is 0 Å². The molecule has 0 N–H and O–H groups in total. The molecule has 0 amide bonds. The van der Waals surface area contributed by atoms with Gasteiger partial charge in [0.1, 0.15) is 23.8 Å². The van der Waals surface area contributed by atoms with E-state index in [9.17, 15) is 0 Å². The molecule has 5 nitrogen and oxygen atoms in total. The second kappa shape index (κ2) is 11.0. The highest BCUT2D eigenvalue weighted by atomic mass is 16.7. The number of hydrogen-bond donors (Lipinski definition) is 0. The first kappa shape index (κ1) is 22.1. The molecule has 0 saturated heterocycles. The van der Waals surface area contributed by atoms with E-state index in [2.05, 4.69) is 17.1 Å². The molecule has 5 heteroatoms. The Labute approximate surface area is 179 Å². The molecule has 0 radical (unpaired) electrons. The lowest BCUT2D eigenvalue weighted by Crippen LogP contribution is -2.22. The van der Waals surface area contributed by atoms with Crippen molar-refractivity contribution in [3.05, 3.63) is 71.6 Å². The monoisotopic (exact) mass is 409 g/mol. The molecule has 2 aromatic carbocycles. The van der Waals surface area contributed by atoms with Crippen LogP contribution in [0.15, 0.2) is 59.0 Å². The number of hydrogen-bond acceptors (Lipinski definition) is 5. The van der Waals surface area contributed by atoms with Crippen LogP contribution in [-0.2, 0) is 22.5 Å². The Kier molecular flexibility index (Phi) is 8.05. The highest BCUT2D eigenvalue weighted by Gasteiger charge is 2.13. The lowest BCUT2D eigenvalue weighted by atomic mass is 10.1. The first-order valence-electron chi connectivity index (χ1n) is 10.6. The average molecular weight is 410 g/mol. The van der Waals surface area contributed by atoms with Crippen LogP contribution >= 0.6 is 0 Å². The SMILES string of the molecule is CCO[C@H](CCc1ccc(OCc2nc(-c3ccccc3)oc2C)cc1)OC(C)C. The van der Waals surface area contributed by atoms with Gasteiger partial charge in [-0.3, -0.25) is 0 Å². The van der Waals surface area contributed by atoms with Crippen LogP contribution < -0.4 is 4.74 Å². The van der Waals surface area contributed by atoms with Gasteiger partial charge in [-0.15, -0.1) is 0 Å². The maximum Gasteiger partial charge on any atom is 0.226 e. The van der Waals surface area contributed by atoms with E-state index in [1.54, 1.807) is 0 Å². The second-order valence-corrected chi connectivity index (χ2v) is 7.43. The Morgan fingerprint density at radius 3 is 2.40 bits per heavy atom. The van der Waals surface area contributed by atoms with Crippen LogP contribution in [0, 0.1) is 6.92 Å². The molecular weight excluding hydrogens is 378 g/mol. The van der Waals surface area contributed by atoms with Crippen molar-refractivity contribution in [3.8, 4) is 17.2 Å². The van der Waals surface area contributed by atoms with Gasteiger partial charge in [-0.2, -0.15) is 0 Å². The lowest BCUT2D eigenvalue weighted by molar-refractivity contribution is -0.162. The second-order valence-electron chi connectivity index (χ2n) is 7.43. The molecule has 1 aromatic heterocycles. The predicted molar refractivity (Wildman–Crippen MR) is 117 cm³/mol. The van der Waals surface area contributed by atoms with Crippen molar-refractivity contribution in [2.75, 3.05) is 6.61 Å². The number of nitrogens with zero attached hydrogens (tertiary/aromatic N) is 1. The molecule has 1 atom stereocenters. The third kappa shape index (κ3) is 6.44. The highest BCUT2D eigenvalue weighted by Crippen LogP contribution is 2.23. The average Bonchev–Trinajstić information content (AvgIpc) is 3.12. The quantitative estimate of drug-likeness (QED) is 0.366. The molecule has 0 saturated carbocycles. The van der Waals surface area contributed by atoms with Gasteiger partial charge in [-0.05, 0) is 63.9 Å². The van der Waals surface area contributed by atoms with E-state index >= 15 is 0 Å². The van der Waals surface area contributed by atoms with Crippen LogP contribution in [0.5, 0.6) is 5.75 Å². The molecule has 0 fully saturated rings. The molecule has 3 aromatic rings. The van der Waals surface area contributed by atoms with Crippen molar-refractivity contribution in [2.45, 2.75) is 59.5 Å². The topological polar surface area (TPSA) is 53.7 Å². The Morgan fingerprint density at radius 2 is 1.73 bits per heavy atom. The van der Waals surface area contributed by atoms with Gasteiger partial charge in [0.05, 0.1) is 6.10 Å². The zero-order valence-corrected chi connectivity index (χ0v) is 18.3. The van der Waals surface area contributed by atoms with Crippen LogP contribution in [0.4, 0.5) is 0 Å². The number of rotatable bonds is 11. The molecule has 0 aliphatic heterocycles. The summed E-state index contributed by atoms with van der Waals surface area (Å²) in [6, 6.07) is 18.0. The van der Waals surface area contributed by atoms with Gasteiger partial charge in [0.25, 0.3) is 0 Å². The van der Waals surface area contributed by atoms with E-state index in [4.69, 9.17) is 18.6 Å². The summed E-state index contributed by atoms with van der Waals surface area (Å²) >= 11 is 0. The van der Waals surface area contributed by atoms with Gasteiger partial charge in [0.15, 0.2) is 6.29 Å². The van der Waals surface area contributed by atoms with Crippen molar-refractivity contribution in [1.29, 1.82) is 0 Å². The molecule has 30 heavy (non-hydrogen) atoms. The minimum Gasteiger partial charge on any atom is -0.487 e. The summed E-state index contributed by atoms with van der Waals surface area (Å²) in [4.78, 5) is 4.58. The number of benzene rings is 2. The molecule has 1 heterocycles. The van der Waals surface area contributed by atoms with Crippen molar-refractivity contribution < 1.29 is 18.6 Å². The Balaban J connectivity index is 1.53. The maximum absolute atomic E-state index is 5.92. The zero-order chi connectivity index (χ0) is 21.3. The predicted octanol–water partition coefficient (Wildman–Crippen LogP) is 5.95. The fourth-order valence-electron chi connectivity index (χ4n) is 3.13. The molecule has 0 aliphatic rings. The van der Waals surface area contributed by atoms with E-state index in [1.165, 1.54) is 5.56 Å². The molecule has 0 aliphatic carbocycles. The molecule has 160 valence electrons. The van der Waals surface area contributed by atoms with Gasteiger partial charge in [-0.1, -0.05) is 30.3 Å². The lowest BCUT2D eigenvalue weighted by Gasteiger charge is -2.20. The van der Waals surface area contributed by atoms with E-state index in [0.29, 0.717) is 19.1 Å². The maximum atomic E-state index is 5.92. The summed E-state index contributed by atoms with van der Waals surface area (Å²) in [6.07, 6.45) is 1.70. The molecule has 0 bridgehead atoms. The van der Waals surface area contributed by atoms with Crippen molar-refractivity contribution in [3.63, 3.8) is 0 Å². The third-order valence-electron chi connectivity index (χ3n) is 4.66. The van der Waals surface area contributed by atoms with E-state index in [1.807, 2.05) is 70.2 Å². The Morgan fingerprint density at radius 1 is 1.00 bits per heavy atom. The summed E-state index contributed by atoms with van der Waals surface area (Å²) in [7, 11) is 0. The minimum absolute atomic E-state index is 0.153. The molecule has 0 unspecified atom stereocenters. The fourth-order valence-corrected chi connectivity index (χ4v) is 3.13. The van der Waals surface area contributed by atoms with Gasteiger partial charge < -0.3 is 18.6 Å². The highest BCUT2D eigenvalue weighted by molar-refractivity contribution is 5.53. The van der Waals surface area contributed by atoms with Crippen LogP contribution in [0.2, 0.25) is 0 Å². The summed E-state index contributed by atoms with van der Waals surface area (Å²) in [5.41, 5.74) is 3.00. The fraction of sp³-hybridized carbons (Fsp3) is 0.400. The summed E-state index contributed by atoms with van der Waals surface area (Å²) < 4.78 is 23.2. The first-order chi connectivity index (χ1) is 14.5. The van der Waals surface area contributed by atoms with Crippen LogP contribution in [0.1, 0.15) is 44.2 Å². The van der Waals surface area contributed by atoms with Gasteiger partial charge in [-0.25, -0.2) is 4.98 Å². The van der Waals surface area contributed by atoms with Gasteiger partial charge in [0, 0.05) is 18.6 Å². The van der Waals surface area contributed by atoms with Gasteiger partial charge in [0.2, 0.25) is 5.89 Å². The van der Waals surface area contributed by atoms with Crippen molar-refractivity contribution in [1.82, 2.24) is 4.98 Å². The third-order valence-corrected chi connectivity index (χ3v) is 4.66. The van der Waals surface area contributed by atoms with Crippen molar-refractivity contribution >= 4 is 0 Å². The van der Waals surface area contributed by atoms with E-state index in [0.717, 1.165) is 35.6 Å². The zero-order valence-electron chi connectivity index (χ0n) is 18.3. The number of ether oxygens (including phenoxy) is 3. The van der Waals surface area contributed by atoms with Crippen LogP contribution in [0.25, 0.3) is 11.5 Å². The molecular formula is C25H31NO4. The molecule has 0 spiro atoms. The number of aromatic nitrogens is 1. The molecule has 3 rings (SSSR count). The Hall–Kier alpha value is -2.63. The summed E-state index contributed by atoms with van der Waals surface area (Å²) in [6.45, 7) is 8.97. The normalized spacial score (nSPS) is 12.3. The van der Waals surface area contributed by atoms with E-state index < -0.39 is 0 Å².